The Bertz CT molecular complexity index is 693. The van der Waals surface area contributed by atoms with Gasteiger partial charge < -0.3 is 14.8 Å². The minimum absolute atomic E-state index is 0.0981. The van der Waals surface area contributed by atoms with E-state index in [0.717, 1.165) is 12.1 Å². The van der Waals surface area contributed by atoms with Gasteiger partial charge in [-0.25, -0.2) is 9.18 Å². The van der Waals surface area contributed by atoms with Crippen molar-refractivity contribution in [2.24, 2.45) is 0 Å². The zero-order valence-corrected chi connectivity index (χ0v) is 9.94. The topological polar surface area (TPSA) is 79.4 Å². The van der Waals surface area contributed by atoms with Gasteiger partial charge in [-0.3, -0.25) is 4.79 Å². The van der Waals surface area contributed by atoms with Gasteiger partial charge in [0.1, 0.15) is 11.6 Å². The molecule has 2 rings (SSSR count). The van der Waals surface area contributed by atoms with E-state index in [9.17, 15) is 14.0 Å². The molecule has 0 atom stereocenters. The molecule has 0 radical (unpaired) electrons. The summed E-state index contributed by atoms with van der Waals surface area (Å²) in [6, 6.07) is 6.22. The van der Waals surface area contributed by atoms with Gasteiger partial charge in [0.05, 0.1) is 18.4 Å². The zero-order chi connectivity index (χ0) is 14.0. The summed E-state index contributed by atoms with van der Waals surface area (Å²) in [5.41, 5.74) is -0.606. The fourth-order valence-corrected chi connectivity index (χ4v) is 1.65. The fraction of sp³-hybridized carbons (Fsp3) is 0.0769. The molecule has 5 nitrogen and oxygen atoms in total. The third kappa shape index (κ3) is 2.62. The molecule has 0 fully saturated rings. The van der Waals surface area contributed by atoms with E-state index >= 15 is 0 Å². The molecule has 6 heteroatoms. The number of hydrogen-bond donors (Lipinski definition) is 2. The SMILES string of the molecule is COc1ccc(-c2cc(C(=O)O)cc(=O)[nH]2)c(F)c1. The lowest BCUT2D eigenvalue weighted by Crippen LogP contribution is -2.10. The second kappa shape index (κ2) is 4.93. The van der Waals surface area contributed by atoms with Gasteiger partial charge in [-0.2, -0.15) is 0 Å². The molecule has 1 heterocycles. The molecule has 0 aliphatic heterocycles. The summed E-state index contributed by atoms with van der Waals surface area (Å²) in [6.07, 6.45) is 0. The fourth-order valence-electron chi connectivity index (χ4n) is 1.65. The van der Waals surface area contributed by atoms with Crippen LogP contribution in [0, 0.1) is 5.82 Å². The number of hydrogen-bond acceptors (Lipinski definition) is 3. The first kappa shape index (κ1) is 12.8. The molecule has 0 bridgehead atoms. The van der Waals surface area contributed by atoms with Crippen LogP contribution in [0.3, 0.4) is 0 Å². The van der Waals surface area contributed by atoms with Crippen LogP contribution in [0.4, 0.5) is 4.39 Å². The number of carbonyl (C=O) groups is 1. The summed E-state index contributed by atoms with van der Waals surface area (Å²) in [5, 5.41) is 8.87. The highest BCUT2D eigenvalue weighted by atomic mass is 19.1. The third-order valence-electron chi connectivity index (χ3n) is 2.56. The van der Waals surface area contributed by atoms with Crippen molar-refractivity contribution in [3.8, 4) is 17.0 Å². The van der Waals surface area contributed by atoms with E-state index < -0.39 is 17.3 Å². The van der Waals surface area contributed by atoms with E-state index in [4.69, 9.17) is 9.84 Å². The predicted octanol–water partition coefficient (Wildman–Crippen LogP) is 1.89. The van der Waals surface area contributed by atoms with Gasteiger partial charge in [0.2, 0.25) is 5.56 Å². The number of methoxy groups -OCH3 is 1. The quantitative estimate of drug-likeness (QED) is 0.886. The van der Waals surface area contributed by atoms with Gasteiger partial charge in [-0.05, 0) is 18.2 Å². The van der Waals surface area contributed by atoms with Crippen molar-refractivity contribution in [3.05, 3.63) is 52.1 Å². The van der Waals surface area contributed by atoms with Crippen LogP contribution in [0.15, 0.2) is 35.1 Å². The number of ether oxygens (including phenoxy) is 1. The maximum atomic E-state index is 13.8. The van der Waals surface area contributed by atoms with Gasteiger partial charge in [-0.1, -0.05) is 0 Å². The molecule has 0 saturated heterocycles. The molecule has 2 N–H and O–H groups in total. The summed E-state index contributed by atoms with van der Waals surface area (Å²) < 4.78 is 18.7. The Morgan fingerprint density at radius 3 is 2.63 bits per heavy atom. The molecular formula is C13H10FNO4. The van der Waals surface area contributed by atoms with Gasteiger partial charge in [0.25, 0.3) is 0 Å². The van der Waals surface area contributed by atoms with Crippen molar-refractivity contribution in [1.29, 1.82) is 0 Å². The summed E-state index contributed by atoms with van der Waals surface area (Å²) in [7, 11) is 1.40. The number of pyridine rings is 1. The normalized spacial score (nSPS) is 10.2. The molecular weight excluding hydrogens is 253 g/mol. The number of carboxylic acids is 1. The highest BCUT2D eigenvalue weighted by Gasteiger charge is 2.11. The number of nitrogens with one attached hydrogen (secondary N) is 1. The Morgan fingerprint density at radius 1 is 1.32 bits per heavy atom. The monoisotopic (exact) mass is 263 g/mol. The van der Waals surface area contributed by atoms with Crippen LogP contribution >= 0.6 is 0 Å². The van der Waals surface area contributed by atoms with Crippen LogP contribution in [0.5, 0.6) is 5.75 Å². The van der Waals surface area contributed by atoms with Crippen LogP contribution in [0.25, 0.3) is 11.3 Å². The van der Waals surface area contributed by atoms with Crippen LogP contribution in [-0.2, 0) is 0 Å². The maximum absolute atomic E-state index is 13.8. The Morgan fingerprint density at radius 2 is 2.05 bits per heavy atom. The zero-order valence-electron chi connectivity index (χ0n) is 9.94. The highest BCUT2D eigenvalue weighted by Crippen LogP contribution is 2.24. The average molecular weight is 263 g/mol. The van der Waals surface area contributed by atoms with E-state index in [2.05, 4.69) is 4.98 Å². The number of rotatable bonds is 3. The first-order chi connectivity index (χ1) is 9.01. The largest absolute Gasteiger partial charge is 0.497 e. The lowest BCUT2D eigenvalue weighted by atomic mass is 10.1. The highest BCUT2D eigenvalue weighted by molar-refractivity contribution is 5.88. The maximum Gasteiger partial charge on any atom is 0.335 e. The van der Waals surface area contributed by atoms with Crippen molar-refractivity contribution in [1.82, 2.24) is 4.98 Å². The van der Waals surface area contributed by atoms with Crippen LogP contribution < -0.4 is 10.3 Å². The molecule has 1 aromatic heterocycles. The molecule has 0 spiro atoms. The van der Waals surface area contributed by atoms with E-state index in [1.807, 2.05) is 0 Å². The standard InChI is InChI=1S/C13H10FNO4/c1-19-8-2-3-9(10(14)6-8)11-4-7(13(17)18)5-12(16)15-11/h2-6H,1H3,(H,15,16)(H,17,18). The van der Waals surface area contributed by atoms with E-state index in [-0.39, 0.29) is 16.8 Å². The van der Waals surface area contributed by atoms with Crippen molar-refractivity contribution < 1.29 is 19.0 Å². The number of aromatic nitrogens is 1. The Labute approximate surface area is 107 Å². The summed E-state index contributed by atoms with van der Waals surface area (Å²) in [4.78, 5) is 24.6. The van der Waals surface area contributed by atoms with Crippen molar-refractivity contribution in [2.75, 3.05) is 7.11 Å². The number of aromatic carboxylic acids is 1. The van der Waals surface area contributed by atoms with E-state index in [0.29, 0.717) is 5.75 Å². The number of halogens is 1. The Hall–Kier alpha value is -2.63. The van der Waals surface area contributed by atoms with Crippen LogP contribution in [0.2, 0.25) is 0 Å². The number of carboxylic acid groups (broad SMARTS) is 1. The molecule has 0 unspecified atom stereocenters. The number of aromatic amines is 1. The van der Waals surface area contributed by atoms with Crippen LogP contribution in [-0.4, -0.2) is 23.2 Å². The first-order valence-electron chi connectivity index (χ1n) is 5.33. The third-order valence-corrected chi connectivity index (χ3v) is 2.56. The lowest BCUT2D eigenvalue weighted by Gasteiger charge is -2.06. The molecule has 0 amide bonds. The summed E-state index contributed by atoms with van der Waals surface area (Å²) in [6.45, 7) is 0. The first-order valence-corrected chi connectivity index (χ1v) is 5.33. The molecule has 0 saturated carbocycles. The Kier molecular flexibility index (Phi) is 3.33. The van der Waals surface area contributed by atoms with Gasteiger partial charge in [-0.15, -0.1) is 0 Å². The lowest BCUT2D eigenvalue weighted by molar-refractivity contribution is 0.0696. The van der Waals surface area contributed by atoms with Crippen LogP contribution in [0.1, 0.15) is 10.4 Å². The van der Waals surface area contributed by atoms with E-state index in [1.165, 1.54) is 25.3 Å². The molecule has 2 aromatic rings. The summed E-state index contributed by atoms with van der Waals surface area (Å²) in [5.74, 6) is -1.53. The molecule has 0 aliphatic rings. The second-order valence-electron chi connectivity index (χ2n) is 3.80. The van der Waals surface area contributed by atoms with Gasteiger partial charge in [0, 0.05) is 17.7 Å². The molecule has 19 heavy (non-hydrogen) atoms. The predicted molar refractivity (Wildman–Crippen MR) is 66.0 cm³/mol. The minimum Gasteiger partial charge on any atom is -0.497 e. The molecule has 1 aromatic carbocycles. The van der Waals surface area contributed by atoms with E-state index in [1.54, 1.807) is 0 Å². The minimum atomic E-state index is -1.25. The average Bonchev–Trinajstić information content (AvgIpc) is 2.37. The number of benzene rings is 1. The van der Waals surface area contributed by atoms with Crippen molar-refractivity contribution >= 4 is 5.97 Å². The second-order valence-corrected chi connectivity index (χ2v) is 3.80. The van der Waals surface area contributed by atoms with Gasteiger partial charge in [0.15, 0.2) is 0 Å². The summed E-state index contributed by atoms with van der Waals surface area (Å²) >= 11 is 0. The Balaban J connectivity index is 2.58. The van der Waals surface area contributed by atoms with Crippen molar-refractivity contribution in [3.63, 3.8) is 0 Å². The smallest absolute Gasteiger partial charge is 0.335 e. The molecule has 0 aliphatic carbocycles. The number of H-pyrrole nitrogens is 1. The van der Waals surface area contributed by atoms with Gasteiger partial charge >= 0.3 is 5.97 Å². The van der Waals surface area contributed by atoms with Crippen molar-refractivity contribution in [2.45, 2.75) is 0 Å². The molecule has 98 valence electrons.